The van der Waals surface area contributed by atoms with Gasteiger partial charge in [-0.25, -0.2) is 0 Å². The number of hydrogen-bond donors (Lipinski definition) is 1. The van der Waals surface area contributed by atoms with Crippen molar-refractivity contribution in [1.82, 2.24) is 5.32 Å². The molecule has 1 N–H and O–H groups in total. The highest BCUT2D eigenvalue weighted by atomic mass is 16.2. The van der Waals surface area contributed by atoms with Gasteiger partial charge in [-0.3, -0.25) is 4.79 Å². The molecule has 1 rings (SSSR count). The summed E-state index contributed by atoms with van der Waals surface area (Å²) in [4.78, 5) is 11.7. The Morgan fingerprint density at radius 2 is 1.92 bits per heavy atom. The maximum atomic E-state index is 11.7. The van der Waals surface area contributed by atoms with Crippen LogP contribution in [0.25, 0.3) is 0 Å². The summed E-state index contributed by atoms with van der Waals surface area (Å²) in [6.45, 7) is 8.10. The van der Waals surface area contributed by atoms with Crippen molar-refractivity contribution in [3.05, 3.63) is 0 Å². The van der Waals surface area contributed by atoms with Crippen molar-refractivity contribution in [3.63, 3.8) is 0 Å². The van der Waals surface area contributed by atoms with Crippen LogP contribution in [0.4, 0.5) is 0 Å². The minimum atomic E-state index is -0.248. The highest BCUT2D eigenvalue weighted by Gasteiger charge is 2.29. The first kappa shape index (κ1) is 10.6. The lowest BCUT2D eigenvalue weighted by Crippen LogP contribution is -2.42. The third kappa shape index (κ3) is 2.71. The van der Waals surface area contributed by atoms with Crippen molar-refractivity contribution in [3.8, 4) is 0 Å². The molecule has 1 aliphatic carbocycles. The first-order chi connectivity index (χ1) is 5.91. The van der Waals surface area contributed by atoms with Gasteiger partial charge in [0.05, 0.1) is 0 Å². The normalized spacial score (nSPS) is 28.9. The van der Waals surface area contributed by atoms with E-state index < -0.39 is 0 Å². The number of nitrogens with one attached hydrogen (secondary N) is 1. The highest BCUT2D eigenvalue weighted by molar-refractivity contribution is 5.81. The maximum Gasteiger partial charge on any atom is 0.225 e. The van der Waals surface area contributed by atoms with Crippen LogP contribution in [0.2, 0.25) is 0 Å². The molecule has 0 aromatic carbocycles. The van der Waals surface area contributed by atoms with Crippen LogP contribution in [0.15, 0.2) is 0 Å². The number of amides is 1. The Morgan fingerprint density at radius 1 is 1.31 bits per heavy atom. The molecular weight excluding hydrogens is 162 g/mol. The average molecular weight is 183 g/mol. The summed E-state index contributed by atoms with van der Waals surface area (Å²) in [6.07, 6.45) is 3.67. The molecular formula is C11H21NO. The van der Waals surface area contributed by atoms with E-state index in [1.54, 1.807) is 0 Å². The third-order valence-electron chi connectivity index (χ3n) is 2.86. The van der Waals surface area contributed by atoms with Crippen LogP contribution in [-0.4, -0.2) is 11.9 Å². The van der Waals surface area contributed by atoms with Crippen molar-refractivity contribution in [1.29, 1.82) is 0 Å². The van der Waals surface area contributed by atoms with Gasteiger partial charge < -0.3 is 5.32 Å². The molecule has 0 radical (unpaired) electrons. The molecule has 2 heteroatoms. The predicted octanol–water partition coefficient (Wildman–Crippen LogP) is 2.34. The molecule has 0 spiro atoms. The van der Waals surface area contributed by atoms with Gasteiger partial charge in [0.15, 0.2) is 0 Å². The van der Waals surface area contributed by atoms with E-state index in [1.165, 1.54) is 12.8 Å². The predicted molar refractivity (Wildman–Crippen MR) is 54.4 cm³/mol. The lowest BCUT2D eigenvalue weighted by Gasteiger charge is -2.23. The lowest BCUT2D eigenvalue weighted by atomic mass is 9.94. The molecule has 0 heterocycles. The molecule has 13 heavy (non-hydrogen) atoms. The van der Waals surface area contributed by atoms with Gasteiger partial charge in [0, 0.05) is 11.5 Å². The average Bonchev–Trinajstić information content (AvgIpc) is 2.34. The zero-order chi connectivity index (χ0) is 10.1. The molecule has 76 valence electrons. The van der Waals surface area contributed by atoms with Gasteiger partial charge in [0.25, 0.3) is 0 Å². The van der Waals surface area contributed by atoms with E-state index >= 15 is 0 Å². The van der Waals surface area contributed by atoms with Crippen LogP contribution in [0, 0.1) is 11.3 Å². The Labute approximate surface area is 81.1 Å². The summed E-state index contributed by atoms with van der Waals surface area (Å²) in [6, 6.07) is 0.423. The molecule has 0 aromatic heterocycles. The van der Waals surface area contributed by atoms with Crippen molar-refractivity contribution < 1.29 is 4.79 Å². The zero-order valence-corrected chi connectivity index (χ0v) is 9.18. The van der Waals surface area contributed by atoms with E-state index in [0.29, 0.717) is 12.0 Å². The fraction of sp³-hybridized carbons (Fsp3) is 0.909. The van der Waals surface area contributed by atoms with Crippen LogP contribution < -0.4 is 5.32 Å². The van der Waals surface area contributed by atoms with Crippen molar-refractivity contribution in [2.24, 2.45) is 11.3 Å². The molecule has 1 amide bonds. The van der Waals surface area contributed by atoms with Gasteiger partial charge >= 0.3 is 0 Å². The Bertz CT molecular complexity index is 193. The molecule has 0 saturated heterocycles. The molecule has 1 aliphatic rings. The summed E-state index contributed by atoms with van der Waals surface area (Å²) >= 11 is 0. The molecule has 0 bridgehead atoms. The van der Waals surface area contributed by atoms with Gasteiger partial charge in [-0.1, -0.05) is 34.1 Å². The minimum absolute atomic E-state index is 0.186. The minimum Gasteiger partial charge on any atom is -0.353 e. The molecule has 2 atom stereocenters. The number of carbonyl (C=O) groups is 1. The summed E-state index contributed by atoms with van der Waals surface area (Å²) in [5, 5.41) is 3.13. The second-order valence-electron chi connectivity index (χ2n) is 5.24. The number of rotatable bonds is 1. The first-order valence-electron chi connectivity index (χ1n) is 5.22. The van der Waals surface area contributed by atoms with Gasteiger partial charge in [-0.2, -0.15) is 0 Å². The summed E-state index contributed by atoms with van der Waals surface area (Å²) < 4.78 is 0. The van der Waals surface area contributed by atoms with E-state index in [2.05, 4.69) is 12.2 Å². The first-order valence-corrected chi connectivity index (χ1v) is 5.22. The van der Waals surface area contributed by atoms with Crippen molar-refractivity contribution in [2.45, 2.75) is 53.0 Å². The molecule has 2 unspecified atom stereocenters. The second kappa shape index (κ2) is 3.69. The molecule has 0 aliphatic heterocycles. The number of hydrogen-bond acceptors (Lipinski definition) is 1. The molecule has 1 saturated carbocycles. The molecule has 0 aromatic rings. The fourth-order valence-electron chi connectivity index (χ4n) is 1.74. The maximum absolute atomic E-state index is 11.7. The van der Waals surface area contributed by atoms with Crippen LogP contribution in [-0.2, 0) is 4.79 Å². The summed E-state index contributed by atoms with van der Waals surface area (Å²) in [5.41, 5.74) is -0.248. The second-order valence-corrected chi connectivity index (χ2v) is 5.24. The third-order valence-corrected chi connectivity index (χ3v) is 2.86. The summed E-state index contributed by atoms with van der Waals surface area (Å²) in [5.74, 6) is 0.845. The van der Waals surface area contributed by atoms with Crippen LogP contribution in [0.1, 0.15) is 47.0 Å². The van der Waals surface area contributed by atoms with E-state index in [4.69, 9.17) is 0 Å². The standard InChI is InChI=1S/C11H21NO/c1-8-6-5-7-9(8)12-10(13)11(2,3)4/h8-9H,5-7H2,1-4H3,(H,12,13). The Hall–Kier alpha value is -0.530. The Balaban J connectivity index is 2.45. The largest absolute Gasteiger partial charge is 0.353 e. The monoisotopic (exact) mass is 183 g/mol. The Morgan fingerprint density at radius 3 is 2.31 bits per heavy atom. The quantitative estimate of drug-likeness (QED) is 0.664. The van der Waals surface area contributed by atoms with Crippen molar-refractivity contribution in [2.75, 3.05) is 0 Å². The highest BCUT2D eigenvalue weighted by Crippen LogP contribution is 2.26. The molecule has 2 nitrogen and oxygen atoms in total. The van der Waals surface area contributed by atoms with E-state index in [-0.39, 0.29) is 11.3 Å². The van der Waals surface area contributed by atoms with Gasteiger partial charge in [0.2, 0.25) is 5.91 Å². The van der Waals surface area contributed by atoms with E-state index in [0.717, 1.165) is 6.42 Å². The SMILES string of the molecule is CC1CCCC1NC(=O)C(C)(C)C. The summed E-state index contributed by atoms with van der Waals surface area (Å²) in [7, 11) is 0. The lowest BCUT2D eigenvalue weighted by molar-refractivity contribution is -0.129. The zero-order valence-electron chi connectivity index (χ0n) is 9.18. The van der Waals surface area contributed by atoms with E-state index in [9.17, 15) is 4.79 Å². The molecule has 1 fully saturated rings. The van der Waals surface area contributed by atoms with Gasteiger partial charge in [0.1, 0.15) is 0 Å². The fourth-order valence-corrected chi connectivity index (χ4v) is 1.74. The number of carbonyl (C=O) groups excluding carboxylic acids is 1. The van der Waals surface area contributed by atoms with Gasteiger partial charge in [-0.15, -0.1) is 0 Å². The van der Waals surface area contributed by atoms with Crippen LogP contribution in [0.5, 0.6) is 0 Å². The van der Waals surface area contributed by atoms with Crippen LogP contribution >= 0.6 is 0 Å². The van der Waals surface area contributed by atoms with E-state index in [1.807, 2.05) is 20.8 Å². The topological polar surface area (TPSA) is 29.1 Å². The Kier molecular flexibility index (Phi) is 2.99. The van der Waals surface area contributed by atoms with Crippen LogP contribution in [0.3, 0.4) is 0 Å². The smallest absolute Gasteiger partial charge is 0.225 e. The van der Waals surface area contributed by atoms with Gasteiger partial charge in [-0.05, 0) is 18.8 Å². The van der Waals surface area contributed by atoms with Crippen molar-refractivity contribution >= 4 is 5.91 Å².